The first-order chi connectivity index (χ1) is 21.2. The number of fused-ring (bicyclic) bond motifs is 1. The maximum Gasteiger partial charge on any atom is 0.235 e. The van der Waals surface area contributed by atoms with Crippen LogP contribution >= 0.6 is 15.9 Å². The van der Waals surface area contributed by atoms with E-state index >= 15 is 0 Å². The summed E-state index contributed by atoms with van der Waals surface area (Å²) < 4.78 is 9.37. The standard InChI is InChI=1S/C35H46BrN5O3/c1-23(21-25-7-10-27(11-8-25)44-32-6-4-5-30(36)24(32)2)15-16-40-17-19-41(20-18-40)26-9-12-28-31(22-26)39(3)38-34(28)29-13-14-33(42)37-35(29)43/h4-6,9,12,22-23,25,27,29H,7-8,10-11,13-21H2,1-3H3,(H,37,42,43)/t23-,25?,27?,29?/m0/s1. The van der Waals surface area contributed by atoms with Gasteiger partial charge in [0, 0.05) is 60.8 Å². The first kappa shape index (κ1) is 31.1. The Hall–Kier alpha value is -2.91. The molecule has 6 rings (SSSR count). The van der Waals surface area contributed by atoms with Crippen LogP contribution in [0.2, 0.25) is 0 Å². The first-order valence-electron chi connectivity index (χ1n) is 16.4. The number of halogens is 1. The predicted octanol–water partition coefficient (Wildman–Crippen LogP) is 6.34. The van der Waals surface area contributed by atoms with Gasteiger partial charge >= 0.3 is 0 Å². The van der Waals surface area contributed by atoms with E-state index in [4.69, 9.17) is 9.84 Å². The molecule has 2 aliphatic heterocycles. The highest BCUT2D eigenvalue weighted by Crippen LogP contribution is 2.35. The van der Waals surface area contributed by atoms with Gasteiger partial charge in [0.15, 0.2) is 0 Å². The molecule has 1 N–H and O–H groups in total. The summed E-state index contributed by atoms with van der Waals surface area (Å²) in [6.45, 7) is 9.92. The highest BCUT2D eigenvalue weighted by molar-refractivity contribution is 9.10. The second kappa shape index (κ2) is 13.6. The molecule has 9 heteroatoms. The number of hydrogen-bond donors (Lipinski definition) is 1. The minimum Gasteiger partial charge on any atom is -0.490 e. The van der Waals surface area contributed by atoms with Gasteiger partial charge in [-0.2, -0.15) is 5.10 Å². The van der Waals surface area contributed by atoms with E-state index in [0.29, 0.717) is 18.9 Å². The number of carbonyl (C=O) groups is 2. The zero-order chi connectivity index (χ0) is 30.8. The first-order valence-corrected chi connectivity index (χ1v) is 17.2. The van der Waals surface area contributed by atoms with E-state index in [1.807, 2.05) is 11.7 Å². The molecule has 3 aromatic rings. The van der Waals surface area contributed by atoms with Crippen molar-refractivity contribution in [2.24, 2.45) is 18.9 Å². The Bertz CT molecular complexity index is 1490. The summed E-state index contributed by atoms with van der Waals surface area (Å²) in [6.07, 6.45) is 8.68. The van der Waals surface area contributed by atoms with Crippen LogP contribution in [0.5, 0.6) is 5.75 Å². The van der Waals surface area contributed by atoms with E-state index in [1.54, 1.807) is 0 Å². The quantitative estimate of drug-likeness (QED) is 0.269. The average molecular weight is 665 g/mol. The zero-order valence-electron chi connectivity index (χ0n) is 26.4. The second-order valence-corrected chi connectivity index (χ2v) is 14.2. The number of ether oxygens (including phenoxy) is 1. The summed E-state index contributed by atoms with van der Waals surface area (Å²) >= 11 is 3.62. The summed E-state index contributed by atoms with van der Waals surface area (Å²) in [5, 5.41) is 8.18. The van der Waals surface area contributed by atoms with E-state index in [1.165, 1.54) is 43.5 Å². The molecule has 3 fully saturated rings. The molecule has 2 atom stereocenters. The van der Waals surface area contributed by atoms with Crippen LogP contribution in [0.25, 0.3) is 10.9 Å². The molecule has 1 aromatic heterocycles. The molecule has 0 radical (unpaired) electrons. The van der Waals surface area contributed by atoms with Gasteiger partial charge < -0.3 is 9.64 Å². The lowest BCUT2D eigenvalue weighted by Gasteiger charge is -2.37. The number of nitrogens with zero attached hydrogens (tertiary/aromatic N) is 4. The van der Waals surface area contributed by atoms with Crippen LogP contribution in [0.4, 0.5) is 5.69 Å². The molecular formula is C35H46BrN5O3. The minimum absolute atomic E-state index is 0.195. The Morgan fingerprint density at radius 3 is 2.57 bits per heavy atom. The SMILES string of the molecule is Cc1c(Br)cccc1OC1CCC(C[C@@H](C)CCN2CCN(c3ccc4c(C5CCC(=O)NC5=O)nn(C)c4c3)CC2)CC1. The van der Waals surface area contributed by atoms with Gasteiger partial charge in [-0.25, -0.2) is 0 Å². The van der Waals surface area contributed by atoms with Crippen molar-refractivity contribution in [3.05, 3.63) is 52.1 Å². The number of piperidine rings is 1. The van der Waals surface area contributed by atoms with Crippen molar-refractivity contribution in [3.8, 4) is 5.75 Å². The van der Waals surface area contributed by atoms with Crippen molar-refractivity contribution in [1.29, 1.82) is 0 Å². The molecule has 1 aliphatic carbocycles. The second-order valence-electron chi connectivity index (χ2n) is 13.3. The average Bonchev–Trinajstić information content (AvgIpc) is 3.35. The van der Waals surface area contributed by atoms with Crippen LogP contribution in [0, 0.1) is 18.8 Å². The highest BCUT2D eigenvalue weighted by atomic mass is 79.9. The van der Waals surface area contributed by atoms with Gasteiger partial charge in [-0.3, -0.25) is 24.5 Å². The Morgan fingerprint density at radius 1 is 1.05 bits per heavy atom. The number of anilines is 1. The summed E-state index contributed by atoms with van der Waals surface area (Å²) in [7, 11) is 1.94. The number of nitrogens with one attached hydrogen (secondary N) is 1. The Morgan fingerprint density at radius 2 is 1.82 bits per heavy atom. The fraction of sp³-hybridized carbons (Fsp3) is 0.571. The van der Waals surface area contributed by atoms with Gasteiger partial charge in [-0.15, -0.1) is 0 Å². The predicted molar refractivity (Wildman–Crippen MR) is 178 cm³/mol. The van der Waals surface area contributed by atoms with Crippen molar-refractivity contribution in [2.75, 3.05) is 37.6 Å². The summed E-state index contributed by atoms with van der Waals surface area (Å²) in [4.78, 5) is 29.2. The third-order valence-electron chi connectivity index (χ3n) is 10.1. The lowest BCUT2D eigenvalue weighted by atomic mass is 9.81. The Kier molecular flexibility index (Phi) is 9.62. The topological polar surface area (TPSA) is 79.7 Å². The van der Waals surface area contributed by atoms with E-state index in [2.05, 4.69) is 81.3 Å². The van der Waals surface area contributed by atoms with E-state index in [9.17, 15) is 9.59 Å². The van der Waals surface area contributed by atoms with Crippen molar-refractivity contribution >= 4 is 44.3 Å². The molecule has 2 amide bonds. The van der Waals surface area contributed by atoms with Crippen LogP contribution in [0.15, 0.2) is 40.9 Å². The van der Waals surface area contributed by atoms with Crippen LogP contribution in [-0.2, 0) is 16.6 Å². The number of aryl methyl sites for hydroxylation is 1. The lowest BCUT2D eigenvalue weighted by molar-refractivity contribution is -0.134. The van der Waals surface area contributed by atoms with Crippen molar-refractivity contribution in [1.82, 2.24) is 20.0 Å². The normalized spacial score (nSPS) is 24.0. The molecule has 1 saturated carbocycles. The molecule has 2 saturated heterocycles. The number of hydrogen-bond acceptors (Lipinski definition) is 6. The van der Waals surface area contributed by atoms with Crippen molar-refractivity contribution < 1.29 is 14.3 Å². The largest absolute Gasteiger partial charge is 0.490 e. The van der Waals surface area contributed by atoms with E-state index in [-0.39, 0.29) is 17.7 Å². The van der Waals surface area contributed by atoms with Gasteiger partial charge in [0.2, 0.25) is 11.8 Å². The third kappa shape index (κ3) is 6.99. The fourth-order valence-corrected chi connectivity index (χ4v) is 7.73. The molecule has 8 nitrogen and oxygen atoms in total. The lowest BCUT2D eigenvalue weighted by Crippen LogP contribution is -2.46. The molecule has 0 spiro atoms. The van der Waals surface area contributed by atoms with Gasteiger partial charge in [0.1, 0.15) is 5.75 Å². The Labute approximate surface area is 269 Å². The van der Waals surface area contributed by atoms with Crippen LogP contribution in [0.3, 0.4) is 0 Å². The monoisotopic (exact) mass is 663 g/mol. The van der Waals surface area contributed by atoms with Gasteiger partial charge in [0.25, 0.3) is 0 Å². The highest BCUT2D eigenvalue weighted by Gasteiger charge is 2.32. The molecule has 3 heterocycles. The summed E-state index contributed by atoms with van der Waals surface area (Å²) in [5.41, 5.74) is 4.20. The maximum atomic E-state index is 12.5. The molecule has 44 heavy (non-hydrogen) atoms. The Balaban J connectivity index is 0.939. The van der Waals surface area contributed by atoms with Crippen LogP contribution < -0.4 is 15.0 Å². The number of amides is 2. The third-order valence-corrected chi connectivity index (χ3v) is 11.0. The summed E-state index contributed by atoms with van der Waals surface area (Å²) in [6, 6.07) is 12.7. The molecule has 0 bridgehead atoms. The van der Waals surface area contributed by atoms with E-state index in [0.717, 1.165) is 77.7 Å². The van der Waals surface area contributed by atoms with Gasteiger partial charge in [0.05, 0.1) is 23.2 Å². The van der Waals surface area contributed by atoms with Crippen LogP contribution in [0.1, 0.15) is 75.5 Å². The number of piperazine rings is 1. The van der Waals surface area contributed by atoms with E-state index < -0.39 is 0 Å². The number of rotatable bonds is 9. The summed E-state index contributed by atoms with van der Waals surface area (Å²) in [5.74, 6) is 1.78. The van der Waals surface area contributed by atoms with Gasteiger partial charge in [-0.1, -0.05) is 28.9 Å². The maximum absolute atomic E-state index is 12.5. The fourth-order valence-electron chi connectivity index (χ4n) is 7.38. The number of imide groups is 1. The number of carbonyl (C=O) groups excluding carboxylic acids is 2. The molecule has 3 aliphatic rings. The smallest absolute Gasteiger partial charge is 0.235 e. The van der Waals surface area contributed by atoms with Gasteiger partial charge in [-0.05, 0) is 101 Å². The van der Waals surface area contributed by atoms with Crippen molar-refractivity contribution in [2.45, 2.75) is 77.2 Å². The molecule has 2 aromatic carbocycles. The van der Waals surface area contributed by atoms with Crippen LogP contribution in [-0.4, -0.2) is 65.3 Å². The number of aromatic nitrogens is 2. The molecule has 1 unspecified atom stereocenters. The minimum atomic E-state index is -0.371. The molecule has 236 valence electrons. The number of benzene rings is 2. The molecular weight excluding hydrogens is 618 g/mol. The zero-order valence-corrected chi connectivity index (χ0v) is 27.9. The van der Waals surface area contributed by atoms with Crippen molar-refractivity contribution in [3.63, 3.8) is 0 Å².